The van der Waals surface area contributed by atoms with Gasteiger partial charge in [0.2, 0.25) is 0 Å². The highest BCUT2D eigenvalue weighted by atomic mass is 16.6. The molecule has 0 aromatic carbocycles. The molecule has 0 radical (unpaired) electrons. The molecule has 5 heteroatoms. The summed E-state index contributed by atoms with van der Waals surface area (Å²) in [6.07, 6.45) is 4.49. The Morgan fingerprint density at radius 1 is 1.18 bits per heavy atom. The van der Waals surface area contributed by atoms with Crippen molar-refractivity contribution in [1.29, 1.82) is 0 Å². The number of aliphatic hydroxyl groups excluding tert-OH is 1. The number of ether oxygens (including phenoxy) is 1. The van der Waals surface area contributed by atoms with Crippen molar-refractivity contribution >= 4 is 6.09 Å². The molecular formula is C17H32N2O3. The molecule has 1 aliphatic heterocycles. The lowest BCUT2D eigenvalue weighted by molar-refractivity contribution is 0.0133. The van der Waals surface area contributed by atoms with Gasteiger partial charge in [-0.05, 0) is 58.8 Å². The van der Waals surface area contributed by atoms with Crippen molar-refractivity contribution in [3.05, 3.63) is 0 Å². The molecule has 0 aromatic rings. The average Bonchev–Trinajstić information content (AvgIpc) is 2.41. The van der Waals surface area contributed by atoms with Crippen LogP contribution in [-0.2, 0) is 4.74 Å². The van der Waals surface area contributed by atoms with E-state index >= 15 is 0 Å². The monoisotopic (exact) mass is 312 g/mol. The highest BCUT2D eigenvalue weighted by Crippen LogP contribution is 2.24. The number of nitrogens with one attached hydrogen (secondary N) is 1. The second-order valence-electron chi connectivity index (χ2n) is 7.97. The number of carbonyl (C=O) groups excluding carboxylic acids is 1. The number of likely N-dealkylation sites (tertiary alicyclic amines) is 1. The summed E-state index contributed by atoms with van der Waals surface area (Å²) in [6, 6.07) is 0.788. The molecule has 128 valence electrons. The number of piperidine rings is 1. The first kappa shape index (κ1) is 17.5. The lowest BCUT2D eigenvalue weighted by Gasteiger charge is -2.40. The van der Waals surface area contributed by atoms with Crippen molar-refractivity contribution in [2.45, 2.75) is 83.6 Å². The van der Waals surface area contributed by atoms with Gasteiger partial charge in [-0.2, -0.15) is 0 Å². The molecule has 1 heterocycles. The van der Waals surface area contributed by atoms with E-state index in [0.29, 0.717) is 18.0 Å². The molecule has 2 aliphatic rings. The van der Waals surface area contributed by atoms with E-state index in [9.17, 15) is 9.90 Å². The summed E-state index contributed by atoms with van der Waals surface area (Å²) in [7, 11) is 0. The van der Waals surface area contributed by atoms with E-state index in [1.807, 2.05) is 25.7 Å². The molecule has 22 heavy (non-hydrogen) atoms. The zero-order valence-electron chi connectivity index (χ0n) is 14.5. The summed E-state index contributed by atoms with van der Waals surface area (Å²) >= 11 is 0. The third-order valence-corrected chi connectivity index (χ3v) is 4.76. The second-order valence-corrected chi connectivity index (χ2v) is 7.97. The van der Waals surface area contributed by atoms with Crippen LogP contribution in [0.2, 0.25) is 0 Å². The fraction of sp³-hybridized carbons (Fsp3) is 0.941. The van der Waals surface area contributed by atoms with E-state index in [1.165, 1.54) is 0 Å². The SMILES string of the molecule is CC1CCN(C(=O)OC(C)(C)C)CC1NC1CCC(O)CC1. The summed E-state index contributed by atoms with van der Waals surface area (Å²) in [5, 5.41) is 13.3. The predicted octanol–water partition coefficient (Wildman–Crippen LogP) is 2.53. The van der Waals surface area contributed by atoms with Gasteiger partial charge >= 0.3 is 6.09 Å². The zero-order chi connectivity index (χ0) is 16.3. The fourth-order valence-electron chi connectivity index (χ4n) is 3.32. The van der Waals surface area contributed by atoms with Crippen LogP contribution in [0.5, 0.6) is 0 Å². The van der Waals surface area contributed by atoms with Crippen LogP contribution in [0.3, 0.4) is 0 Å². The molecule has 1 saturated carbocycles. The van der Waals surface area contributed by atoms with Crippen LogP contribution in [0.1, 0.15) is 59.8 Å². The number of amides is 1. The Morgan fingerprint density at radius 3 is 2.41 bits per heavy atom. The van der Waals surface area contributed by atoms with Gasteiger partial charge in [-0.25, -0.2) is 4.79 Å². The van der Waals surface area contributed by atoms with Crippen molar-refractivity contribution in [3.8, 4) is 0 Å². The third kappa shape index (κ3) is 5.13. The number of nitrogens with zero attached hydrogens (tertiary/aromatic N) is 1. The minimum atomic E-state index is -0.442. The number of hydrogen-bond donors (Lipinski definition) is 2. The van der Waals surface area contributed by atoms with Crippen LogP contribution in [0.4, 0.5) is 4.79 Å². The normalized spacial score (nSPS) is 33.6. The lowest BCUT2D eigenvalue weighted by Crippen LogP contribution is -2.55. The Bertz CT molecular complexity index is 373. The molecule has 2 unspecified atom stereocenters. The van der Waals surface area contributed by atoms with Gasteiger partial charge in [-0.3, -0.25) is 0 Å². The quantitative estimate of drug-likeness (QED) is 0.822. The van der Waals surface area contributed by atoms with Crippen LogP contribution in [0, 0.1) is 5.92 Å². The molecule has 2 fully saturated rings. The van der Waals surface area contributed by atoms with Gasteiger partial charge in [0.05, 0.1) is 6.10 Å². The Kier molecular flexibility index (Phi) is 5.72. The molecule has 1 amide bonds. The maximum absolute atomic E-state index is 12.2. The first-order valence-corrected chi connectivity index (χ1v) is 8.66. The maximum atomic E-state index is 12.2. The molecule has 1 aliphatic carbocycles. The molecule has 2 atom stereocenters. The number of aliphatic hydroxyl groups is 1. The molecule has 2 N–H and O–H groups in total. The predicted molar refractivity (Wildman–Crippen MR) is 86.8 cm³/mol. The van der Waals surface area contributed by atoms with Gasteiger partial charge in [-0.15, -0.1) is 0 Å². The minimum absolute atomic E-state index is 0.125. The maximum Gasteiger partial charge on any atom is 0.410 e. The van der Waals surface area contributed by atoms with E-state index in [2.05, 4.69) is 12.2 Å². The Balaban J connectivity index is 1.86. The van der Waals surface area contributed by atoms with Gasteiger partial charge in [0.15, 0.2) is 0 Å². The van der Waals surface area contributed by atoms with Crippen molar-refractivity contribution in [3.63, 3.8) is 0 Å². The molecule has 0 aromatic heterocycles. The highest BCUT2D eigenvalue weighted by molar-refractivity contribution is 5.68. The van der Waals surface area contributed by atoms with Crippen LogP contribution in [0.25, 0.3) is 0 Å². The van der Waals surface area contributed by atoms with E-state index < -0.39 is 5.60 Å². The number of hydrogen-bond acceptors (Lipinski definition) is 4. The highest BCUT2D eigenvalue weighted by Gasteiger charge is 2.33. The second kappa shape index (κ2) is 7.18. The minimum Gasteiger partial charge on any atom is -0.444 e. The van der Waals surface area contributed by atoms with Gasteiger partial charge in [-0.1, -0.05) is 6.92 Å². The van der Waals surface area contributed by atoms with E-state index in [0.717, 1.165) is 45.2 Å². The van der Waals surface area contributed by atoms with Crippen LogP contribution < -0.4 is 5.32 Å². The molecule has 5 nitrogen and oxygen atoms in total. The lowest BCUT2D eigenvalue weighted by atomic mass is 9.89. The smallest absolute Gasteiger partial charge is 0.410 e. The first-order chi connectivity index (χ1) is 10.2. The van der Waals surface area contributed by atoms with Gasteiger partial charge < -0.3 is 20.1 Å². The van der Waals surface area contributed by atoms with Gasteiger partial charge in [0.25, 0.3) is 0 Å². The van der Waals surface area contributed by atoms with Crippen LogP contribution in [-0.4, -0.2) is 53.0 Å². The first-order valence-electron chi connectivity index (χ1n) is 8.66. The zero-order valence-corrected chi connectivity index (χ0v) is 14.5. The van der Waals surface area contributed by atoms with Crippen molar-refractivity contribution in [1.82, 2.24) is 10.2 Å². The Labute approximate surface area is 134 Å². The van der Waals surface area contributed by atoms with Gasteiger partial charge in [0, 0.05) is 25.2 Å². The fourth-order valence-corrected chi connectivity index (χ4v) is 3.32. The summed E-state index contributed by atoms with van der Waals surface area (Å²) in [6.45, 7) is 9.45. The topological polar surface area (TPSA) is 61.8 Å². The molecule has 1 saturated heterocycles. The Hall–Kier alpha value is -0.810. The Morgan fingerprint density at radius 2 is 1.82 bits per heavy atom. The molecule has 0 bridgehead atoms. The summed E-state index contributed by atoms with van der Waals surface area (Å²) in [5.41, 5.74) is -0.442. The molecule has 0 spiro atoms. The average molecular weight is 312 g/mol. The standard InChI is InChI=1S/C17H32N2O3/c1-12-9-10-19(16(21)22-17(2,3)4)11-15(12)18-13-5-7-14(20)8-6-13/h12-15,18,20H,5-11H2,1-4H3. The van der Waals surface area contributed by atoms with Crippen molar-refractivity contribution in [2.75, 3.05) is 13.1 Å². The van der Waals surface area contributed by atoms with E-state index in [-0.39, 0.29) is 12.2 Å². The summed E-state index contributed by atoms with van der Waals surface area (Å²) in [5.74, 6) is 0.561. The van der Waals surface area contributed by atoms with Crippen LogP contribution >= 0.6 is 0 Å². The molecule has 2 rings (SSSR count). The number of rotatable bonds is 2. The van der Waals surface area contributed by atoms with Crippen molar-refractivity contribution < 1.29 is 14.6 Å². The van der Waals surface area contributed by atoms with E-state index in [1.54, 1.807) is 0 Å². The largest absolute Gasteiger partial charge is 0.444 e. The van der Waals surface area contributed by atoms with Gasteiger partial charge in [0.1, 0.15) is 5.60 Å². The third-order valence-electron chi connectivity index (χ3n) is 4.76. The van der Waals surface area contributed by atoms with Crippen molar-refractivity contribution in [2.24, 2.45) is 5.92 Å². The summed E-state index contributed by atoms with van der Waals surface area (Å²) < 4.78 is 5.49. The molecular weight excluding hydrogens is 280 g/mol. The number of carbonyl (C=O) groups is 1. The van der Waals surface area contributed by atoms with E-state index in [4.69, 9.17) is 4.74 Å². The summed E-state index contributed by atoms with van der Waals surface area (Å²) in [4.78, 5) is 14.1. The van der Waals surface area contributed by atoms with Crippen LogP contribution in [0.15, 0.2) is 0 Å².